The molecule has 1 aromatic carbocycles. The minimum absolute atomic E-state index is 0.223. The van der Waals surface area contributed by atoms with Gasteiger partial charge in [-0.05, 0) is 38.0 Å². The molecule has 1 rings (SSSR count). The molecule has 0 unspecified atom stereocenters. The normalized spacial score (nSPS) is 11.4. The van der Waals surface area contributed by atoms with Crippen LogP contribution in [0.15, 0.2) is 29.3 Å². The van der Waals surface area contributed by atoms with Gasteiger partial charge in [0.1, 0.15) is 5.82 Å². The number of guanidine groups is 1. The predicted molar refractivity (Wildman–Crippen MR) is 80.3 cm³/mol. The largest absolute Gasteiger partial charge is 0.382 e. The van der Waals surface area contributed by atoms with E-state index in [0.29, 0.717) is 6.54 Å². The Kier molecular flexibility index (Phi) is 8.38. The van der Waals surface area contributed by atoms with Crippen LogP contribution < -0.4 is 10.6 Å². The molecule has 2 N–H and O–H groups in total. The van der Waals surface area contributed by atoms with Crippen molar-refractivity contribution in [1.29, 1.82) is 0 Å². The first-order valence-corrected chi connectivity index (χ1v) is 7.10. The zero-order valence-corrected chi connectivity index (χ0v) is 12.3. The van der Waals surface area contributed by atoms with Gasteiger partial charge >= 0.3 is 0 Å². The number of nitrogens with one attached hydrogen (secondary N) is 2. The Morgan fingerprint density at radius 1 is 1.20 bits per heavy atom. The van der Waals surface area contributed by atoms with Crippen LogP contribution in [0, 0.1) is 5.82 Å². The summed E-state index contributed by atoms with van der Waals surface area (Å²) in [6.07, 6.45) is 0.939. The summed E-state index contributed by atoms with van der Waals surface area (Å²) in [6, 6.07) is 6.40. The minimum atomic E-state index is -0.223. The van der Waals surface area contributed by atoms with Crippen LogP contribution in [0.1, 0.15) is 25.8 Å². The van der Waals surface area contributed by atoms with E-state index in [-0.39, 0.29) is 5.82 Å². The van der Waals surface area contributed by atoms with Crippen molar-refractivity contribution in [3.63, 3.8) is 0 Å². The fourth-order valence-electron chi connectivity index (χ4n) is 1.63. The SMILES string of the molecule is CCNC(=NCc1ccc(F)cc1)NCCCOCC. The van der Waals surface area contributed by atoms with E-state index in [0.717, 1.165) is 44.2 Å². The van der Waals surface area contributed by atoms with Crippen LogP contribution in [0.5, 0.6) is 0 Å². The molecular formula is C15H24FN3O. The molecule has 0 aromatic heterocycles. The lowest BCUT2D eigenvalue weighted by molar-refractivity contribution is 0.145. The van der Waals surface area contributed by atoms with E-state index in [9.17, 15) is 4.39 Å². The molecule has 5 heteroatoms. The van der Waals surface area contributed by atoms with Gasteiger partial charge in [0.2, 0.25) is 0 Å². The summed E-state index contributed by atoms with van der Waals surface area (Å²) >= 11 is 0. The molecular weight excluding hydrogens is 257 g/mol. The Morgan fingerprint density at radius 3 is 2.60 bits per heavy atom. The molecule has 0 saturated heterocycles. The van der Waals surface area contributed by atoms with Crippen molar-refractivity contribution in [2.24, 2.45) is 4.99 Å². The molecule has 1 aromatic rings. The average molecular weight is 281 g/mol. The van der Waals surface area contributed by atoms with Gasteiger partial charge in [0.15, 0.2) is 5.96 Å². The van der Waals surface area contributed by atoms with Crippen molar-refractivity contribution >= 4 is 5.96 Å². The van der Waals surface area contributed by atoms with Crippen LogP contribution in [0.3, 0.4) is 0 Å². The topological polar surface area (TPSA) is 45.7 Å². The number of hydrogen-bond donors (Lipinski definition) is 2. The van der Waals surface area contributed by atoms with Gasteiger partial charge in [-0.2, -0.15) is 0 Å². The molecule has 0 heterocycles. The molecule has 0 aliphatic heterocycles. The zero-order valence-electron chi connectivity index (χ0n) is 12.3. The van der Waals surface area contributed by atoms with Crippen LogP contribution >= 0.6 is 0 Å². The third kappa shape index (κ3) is 7.09. The predicted octanol–water partition coefficient (Wildman–Crippen LogP) is 2.31. The highest BCUT2D eigenvalue weighted by atomic mass is 19.1. The van der Waals surface area contributed by atoms with Gasteiger partial charge in [0.05, 0.1) is 6.54 Å². The summed E-state index contributed by atoms with van der Waals surface area (Å²) < 4.78 is 18.1. The highest BCUT2D eigenvalue weighted by molar-refractivity contribution is 5.79. The van der Waals surface area contributed by atoms with E-state index in [1.54, 1.807) is 12.1 Å². The molecule has 0 fully saturated rings. The average Bonchev–Trinajstić information content (AvgIpc) is 2.46. The van der Waals surface area contributed by atoms with Crippen LogP contribution in [-0.4, -0.2) is 32.3 Å². The van der Waals surface area contributed by atoms with E-state index in [2.05, 4.69) is 15.6 Å². The van der Waals surface area contributed by atoms with E-state index in [1.807, 2.05) is 13.8 Å². The van der Waals surface area contributed by atoms with Crippen LogP contribution in [0.2, 0.25) is 0 Å². The van der Waals surface area contributed by atoms with E-state index < -0.39 is 0 Å². The third-order valence-electron chi connectivity index (χ3n) is 2.64. The van der Waals surface area contributed by atoms with Gasteiger partial charge in [0, 0.05) is 26.3 Å². The number of benzene rings is 1. The molecule has 0 saturated carbocycles. The quantitative estimate of drug-likeness (QED) is 0.437. The molecule has 0 atom stereocenters. The summed E-state index contributed by atoms with van der Waals surface area (Å²) in [5.74, 6) is 0.548. The smallest absolute Gasteiger partial charge is 0.191 e. The first-order chi connectivity index (χ1) is 9.76. The molecule has 0 bridgehead atoms. The lowest BCUT2D eigenvalue weighted by Gasteiger charge is -2.11. The molecule has 0 radical (unpaired) electrons. The Morgan fingerprint density at radius 2 is 1.95 bits per heavy atom. The number of halogens is 1. The highest BCUT2D eigenvalue weighted by Crippen LogP contribution is 2.03. The molecule has 0 amide bonds. The van der Waals surface area contributed by atoms with Gasteiger partial charge in [-0.25, -0.2) is 9.38 Å². The second-order valence-electron chi connectivity index (χ2n) is 4.30. The minimum Gasteiger partial charge on any atom is -0.382 e. The maximum Gasteiger partial charge on any atom is 0.191 e. The molecule has 4 nitrogen and oxygen atoms in total. The lowest BCUT2D eigenvalue weighted by atomic mass is 10.2. The summed E-state index contributed by atoms with van der Waals surface area (Å²) in [5.41, 5.74) is 0.984. The molecule has 0 aliphatic rings. The summed E-state index contributed by atoms with van der Waals surface area (Å²) in [7, 11) is 0. The van der Waals surface area contributed by atoms with Gasteiger partial charge in [-0.3, -0.25) is 0 Å². The van der Waals surface area contributed by atoms with Crippen molar-refractivity contribution in [3.8, 4) is 0 Å². The highest BCUT2D eigenvalue weighted by Gasteiger charge is 1.98. The Labute approximate surface area is 120 Å². The van der Waals surface area contributed by atoms with Crippen molar-refractivity contribution < 1.29 is 9.13 Å². The van der Waals surface area contributed by atoms with E-state index in [4.69, 9.17) is 4.74 Å². The fraction of sp³-hybridized carbons (Fsp3) is 0.533. The number of aliphatic imine (C=N–C) groups is 1. The first-order valence-electron chi connectivity index (χ1n) is 7.10. The molecule has 0 aliphatic carbocycles. The monoisotopic (exact) mass is 281 g/mol. The lowest BCUT2D eigenvalue weighted by Crippen LogP contribution is -2.38. The summed E-state index contributed by atoms with van der Waals surface area (Å²) in [4.78, 5) is 4.46. The Balaban J connectivity index is 2.39. The molecule has 0 spiro atoms. The summed E-state index contributed by atoms with van der Waals surface area (Å²) in [6.45, 7) is 7.66. The number of nitrogens with zero attached hydrogens (tertiary/aromatic N) is 1. The van der Waals surface area contributed by atoms with Crippen molar-refractivity contribution in [3.05, 3.63) is 35.6 Å². The second kappa shape index (κ2) is 10.2. The number of rotatable bonds is 8. The third-order valence-corrected chi connectivity index (χ3v) is 2.64. The van der Waals surface area contributed by atoms with Crippen LogP contribution in [-0.2, 0) is 11.3 Å². The Hall–Kier alpha value is -1.62. The van der Waals surface area contributed by atoms with Crippen LogP contribution in [0.25, 0.3) is 0 Å². The van der Waals surface area contributed by atoms with E-state index in [1.165, 1.54) is 12.1 Å². The standard InChI is InChI=1S/C15H24FN3O/c1-3-17-15(18-10-5-11-20-4-2)19-12-13-6-8-14(16)9-7-13/h6-9H,3-5,10-12H2,1-2H3,(H2,17,18,19). The van der Waals surface area contributed by atoms with Crippen molar-refractivity contribution in [1.82, 2.24) is 10.6 Å². The van der Waals surface area contributed by atoms with Gasteiger partial charge in [-0.1, -0.05) is 12.1 Å². The zero-order chi connectivity index (χ0) is 14.6. The molecule has 112 valence electrons. The van der Waals surface area contributed by atoms with Crippen molar-refractivity contribution in [2.75, 3.05) is 26.3 Å². The first kappa shape index (κ1) is 16.4. The Bertz CT molecular complexity index is 393. The maximum absolute atomic E-state index is 12.8. The summed E-state index contributed by atoms with van der Waals surface area (Å²) in [5, 5.41) is 6.43. The van der Waals surface area contributed by atoms with Gasteiger partial charge < -0.3 is 15.4 Å². The maximum atomic E-state index is 12.8. The van der Waals surface area contributed by atoms with Gasteiger partial charge in [0.25, 0.3) is 0 Å². The fourth-order valence-corrected chi connectivity index (χ4v) is 1.63. The van der Waals surface area contributed by atoms with Crippen molar-refractivity contribution in [2.45, 2.75) is 26.8 Å². The van der Waals surface area contributed by atoms with Crippen LogP contribution in [0.4, 0.5) is 4.39 Å². The van der Waals surface area contributed by atoms with Gasteiger partial charge in [-0.15, -0.1) is 0 Å². The molecule has 20 heavy (non-hydrogen) atoms. The second-order valence-corrected chi connectivity index (χ2v) is 4.30. The van der Waals surface area contributed by atoms with E-state index >= 15 is 0 Å². The number of hydrogen-bond acceptors (Lipinski definition) is 2. The number of ether oxygens (including phenoxy) is 1.